The lowest BCUT2D eigenvalue weighted by Gasteiger charge is -2.30. The quantitative estimate of drug-likeness (QED) is 0.639. The Labute approximate surface area is 117 Å². The normalized spacial score (nSPS) is 32.6. The highest BCUT2D eigenvalue weighted by atomic mass is 32.2. The molecule has 0 radical (unpaired) electrons. The lowest BCUT2D eigenvalue weighted by Crippen LogP contribution is -2.52. The van der Waals surface area contributed by atoms with Crippen molar-refractivity contribution in [2.24, 2.45) is 0 Å². The molecule has 0 aromatic carbocycles. The number of imide groups is 1. The van der Waals surface area contributed by atoms with Gasteiger partial charge in [-0.15, -0.1) is 0 Å². The third-order valence-corrected chi connectivity index (χ3v) is 6.20. The molecule has 1 atom stereocenters. The maximum absolute atomic E-state index is 12.5. The highest BCUT2D eigenvalue weighted by Crippen LogP contribution is 2.28. The molecule has 3 saturated heterocycles. The summed E-state index contributed by atoms with van der Waals surface area (Å²) in [4.78, 5) is 23.1. The molecule has 2 N–H and O–H groups in total. The minimum absolute atomic E-state index is 0.0173. The van der Waals surface area contributed by atoms with Crippen LogP contribution in [0.1, 0.15) is 25.7 Å². The van der Waals surface area contributed by atoms with Gasteiger partial charge < -0.3 is 5.32 Å². The lowest BCUT2D eigenvalue weighted by atomic mass is 10.00. The maximum Gasteiger partial charge on any atom is 0.322 e. The first-order valence-corrected chi connectivity index (χ1v) is 8.23. The predicted molar refractivity (Wildman–Crippen MR) is 69.9 cm³/mol. The van der Waals surface area contributed by atoms with E-state index >= 15 is 0 Å². The molecule has 9 heteroatoms. The van der Waals surface area contributed by atoms with E-state index in [4.69, 9.17) is 0 Å². The van der Waals surface area contributed by atoms with Gasteiger partial charge in [0.15, 0.2) is 0 Å². The summed E-state index contributed by atoms with van der Waals surface area (Å²) in [6, 6.07) is -0.549. The summed E-state index contributed by atoms with van der Waals surface area (Å²) in [5, 5.41) is 4.74. The van der Waals surface area contributed by atoms with Crippen LogP contribution in [0.4, 0.5) is 4.79 Å². The Morgan fingerprint density at radius 3 is 2.30 bits per heavy atom. The second kappa shape index (κ2) is 4.68. The van der Waals surface area contributed by atoms with E-state index in [1.807, 2.05) is 0 Å². The number of amides is 3. The number of urea groups is 1. The van der Waals surface area contributed by atoms with E-state index < -0.39 is 27.7 Å². The van der Waals surface area contributed by atoms with Gasteiger partial charge in [0.05, 0.1) is 0 Å². The number of carbonyl (C=O) groups excluding carboxylic acids is 2. The Bertz CT molecular complexity index is 543. The first-order chi connectivity index (χ1) is 9.44. The van der Waals surface area contributed by atoms with Crippen LogP contribution >= 0.6 is 0 Å². The summed E-state index contributed by atoms with van der Waals surface area (Å²) in [7, 11) is -3.53. The molecule has 0 bridgehead atoms. The maximum atomic E-state index is 12.5. The van der Waals surface area contributed by atoms with Gasteiger partial charge in [-0.2, -0.15) is 17.0 Å². The van der Waals surface area contributed by atoms with E-state index in [9.17, 15) is 18.0 Å². The Kier molecular flexibility index (Phi) is 3.22. The molecular formula is C11H18N4O4S. The van der Waals surface area contributed by atoms with Crippen molar-refractivity contribution < 1.29 is 18.0 Å². The minimum atomic E-state index is -3.53. The summed E-state index contributed by atoms with van der Waals surface area (Å²) in [5.41, 5.74) is -1.08. The second-order valence-electron chi connectivity index (χ2n) is 5.54. The van der Waals surface area contributed by atoms with Gasteiger partial charge in [-0.1, -0.05) is 6.42 Å². The van der Waals surface area contributed by atoms with Gasteiger partial charge in [-0.25, -0.2) is 4.79 Å². The fourth-order valence-electron chi connectivity index (χ4n) is 3.05. The molecule has 1 spiro atoms. The van der Waals surface area contributed by atoms with Crippen LogP contribution in [0.5, 0.6) is 0 Å². The molecule has 3 amide bonds. The molecule has 0 aromatic heterocycles. The van der Waals surface area contributed by atoms with Gasteiger partial charge in [-0.3, -0.25) is 10.1 Å². The molecule has 3 aliphatic rings. The van der Waals surface area contributed by atoms with Crippen LogP contribution in [0.2, 0.25) is 0 Å². The third-order valence-electron chi connectivity index (χ3n) is 4.22. The molecule has 1 unspecified atom stereocenters. The number of nitrogens with zero attached hydrogens (tertiary/aromatic N) is 2. The second-order valence-corrected chi connectivity index (χ2v) is 7.47. The van der Waals surface area contributed by atoms with Crippen molar-refractivity contribution in [2.75, 3.05) is 26.2 Å². The molecule has 20 heavy (non-hydrogen) atoms. The molecule has 112 valence electrons. The topological polar surface area (TPSA) is 98.8 Å². The minimum Gasteiger partial charge on any atom is -0.322 e. The molecule has 3 fully saturated rings. The molecule has 8 nitrogen and oxygen atoms in total. The van der Waals surface area contributed by atoms with E-state index in [1.54, 1.807) is 0 Å². The zero-order valence-electron chi connectivity index (χ0n) is 11.1. The van der Waals surface area contributed by atoms with E-state index in [0.29, 0.717) is 19.5 Å². The van der Waals surface area contributed by atoms with Crippen LogP contribution < -0.4 is 10.6 Å². The summed E-state index contributed by atoms with van der Waals surface area (Å²) in [5.74, 6) is -0.432. The van der Waals surface area contributed by atoms with Gasteiger partial charge in [0.1, 0.15) is 5.54 Å². The number of rotatable bonds is 2. The molecule has 0 aromatic rings. The number of carbonyl (C=O) groups is 2. The van der Waals surface area contributed by atoms with Gasteiger partial charge in [0.2, 0.25) is 0 Å². The van der Waals surface area contributed by atoms with E-state index in [2.05, 4.69) is 10.6 Å². The van der Waals surface area contributed by atoms with Crippen LogP contribution in [-0.4, -0.2) is 60.7 Å². The van der Waals surface area contributed by atoms with Crippen molar-refractivity contribution in [1.82, 2.24) is 19.2 Å². The summed E-state index contributed by atoms with van der Waals surface area (Å²) in [6.07, 6.45) is 3.11. The monoisotopic (exact) mass is 302 g/mol. The van der Waals surface area contributed by atoms with Gasteiger partial charge >= 0.3 is 6.03 Å². The first kappa shape index (κ1) is 13.8. The van der Waals surface area contributed by atoms with Crippen LogP contribution in [0.3, 0.4) is 0 Å². The highest BCUT2D eigenvalue weighted by molar-refractivity contribution is 7.86. The molecule has 0 aliphatic carbocycles. The molecule has 0 saturated carbocycles. The zero-order chi connectivity index (χ0) is 14.4. The largest absolute Gasteiger partial charge is 0.322 e. The number of hydrogen-bond acceptors (Lipinski definition) is 4. The third kappa shape index (κ3) is 2.09. The van der Waals surface area contributed by atoms with Crippen molar-refractivity contribution in [3.63, 3.8) is 0 Å². The van der Waals surface area contributed by atoms with Crippen molar-refractivity contribution in [3.05, 3.63) is 0 Å². The lowest BCUT2D eigenvalue weighted by molar-refractivity contribution is -0.123. The van der Waals surface area contributed by atoms with E-state index in [1.165, 1.54) is 8.61 Å². The van der Waals surface area contributed by atoms with Crippen molar-refractivity contribution in [1.29, 1.82) is 0 Å². The van der Waals surface area contributed by atoms with Crippen LogP contribution in [0.15, 0.2) is 0 Å². The average Bonchev–Trinajstić information content (AvgIpc) is 2.96. The standard InChI is InChI=1S/C11H18N4O4S/c16-9-11(13-10(17)12-9)4-7-15(8-11)20(18,19)14-5-2-1-3-6-14/h1-8H2,(H2,12,13,16,17). The van der Waals surface area contributed by atoms with Crippen LogP contribution in [-0.2, 0) is 15.0 Å². The fourth-order valence-corrected chi connectivity index (χ4v) is 4.80. The molecule has 3 rings (SSSR count). The predicted octanol–water partition coefficient (Wildman–Crippen LogP) is -0.999. The first-order valence-electron chi connectivity index (χ1n) is 6.83. The average molecular weight is 302 g/mol. The van der Waals surface area contributed by atoms with Gasteiger partial charge in [0, 0.05) is 26.2 Å². The van der Waals surface area contributed by atoms with Crippen molar-refractivity contribution in [2.45, 2.75) is 31.2 Å². The smallest absolute Gasteiger partial charge is 0.322 e. The molecular weight excluding hydrogens is 284 g/mol. The SMILES string of the molecule is O=C1NC(=O)C2(CCN(S(=O)(=O)N3CCCCC3)C2)N1. The van der Waals surface area contributed by atoms with E-state index in [0.717, 1.165) is 19.3 Å². The fraction of sp³-hybridized carbons (Fsp3) is 0.818. The molecule has 3 aliphatic heterocycles. The highest BCUT2D eigenvalue weighted by Gasteiger charge is 2.53. The summed E-state index contributed by atoms with van der Waals surface area (Å²) >= 11 is 0. The number of hydrogen-bond donors (Lipinski definition) is 2. The summed E-state index contributed by atoms with van der Waals surface area (Å²) < 4.78 is 27.8. The molecule has 3 heterocycles. The van der Waals surface area contributed by atoms with Crippen molar-refractivity contribution in [3.8, 4) is 0 Å². The number of nitrogens with one attached hydrogen (secondary N) is 2. The zero-order valence-corrected chi connectivity index (χ0v) is 11.9. The van der Waals surface area contributed by atoms with Crippen LogP contribution in [0, 0.1) is 0 Å². The van der Waals surface area contributed by atoms with Crippen LogP contribution in [0.25, 0.3) is 0 Å². The van der Waals surface area contributed by atoms with Crippen molar-refractivity contribution >= 4 is 22.1 Å². The van der Waals surface area contributed by atoms with Gasteiger partial charge in [0.25, 0.3) is 16.1 Å². The Balaban J connectivity index is 1.76. The van der Waals surface area contributed by atoms with Gasteiger partial charge in [-0.05, 0) is 19.3 Å². The Hall–Kier alpha value is -1.19. The Morgan fingerprint density at radius 1 is 1.00 bits per heavy atom. The number of piperidine rings is 1. The van der Waals surface area contributed by atoms with E-state index in [-0.39, 0.29) is 13.1 Å². The summed E-state index contributed by atoms with van der Waals surface area (Å²) in [6.45, 7) is 1.34. The Morgan fingerprint density at radius 2 is 1.70 bits per heavy atom.